The Morgan fingerprint density at radius 3 is 2.45 bits per heavy atom. The van der Waals surface area contributed by atoms with Crippen molar-refractivity contribution >= 4 is 11.6 Å². The van der Waals surface area contributed by atoms with Crippen LogP contribution in [0.3, 0.4) is 0 Å². The molecule has 1 unspecified atom stereocenters. The van der Waals surface area contributed by atoms with Gasteiger partial charge in [0.1, 0.15) is 18.1 Å². The van der Waals surface area contributed by atoms with E-state index < -0.39 is 6.10 Å². The first-order valence-electron chi connectivity index (χ1n) is 6.33. The van der Waals surface area contributed by atoms with Gasteiger partial charge in [-0.2, -0.15) is 0 Å². The Morgan fingerprint density at radius 2 is 1.85 bits per heavy atom. The van der Waals surface area contributed by atoms with Crippen LogP contribution in [0.5, 0.6) is 11.5 Å². The van der Waals surface area contributed by atoms with Crippen molar-refractivity contribution in [3.8, 4) is 11.5 Å². The third kappa shape index (κ3) is 3.65. The molecule has 0 amide bonds. The van der Waals surface area contributed by atoms with Crippen LogP contribution >= 0.6 is 11.6 Å². The van der Waals surface area contributed by atoms with Crippen molar-refractivity contribution in [3.05, 3.63) is 58.6 Å². The second kappa shape index (κ2) is 6.64. The molecule has 0 fully saturated rings. The van der Waals surface area contributed by atoms with Crippen LogP contribution in [-0.2, 0) is 6.61 Å². The molecule has 2 rings (SSSR count). The fourth-order valence-electron chi connectivity index (χ4n) is 1.86. The second-order valence-electron chi connectivity index (χ2n) is 4.49. The third-order valence-corrected chi connectivity index (χ3v) is 3.23. The molecule has 0 heterocycles. The molecule has 0 aliphatic heterocycles. The maximum atomic E-state index is 9.45. The van der Waals surface area contributed by atoms with E-state index in [4.69, 9.17) is 21.1 Å². The van der Waals surface area contributed by atoms with Crippen LogP contribution in [0.2, 0.25) is 5.02 Å². The van der Waals surface area contributed by atoms with E-state index in [9.17, 15) is 5.11 Å². The summed E-state index contributed by atoms with van der Waals surface area (Å²) in [6.45, 7) is 2.10. The molecule has 0 saturated heterocycles. The fraction of sp³-hybridized carbons (Fsp3) is 0.250. The Morgan fingerprint density at radius 1 is 1.15 bits per heavy atom. The lowest BCUT2D eigenvalue weighted by Gasteiger charge is -2.11. The summed E-state index contributed by atoms with van der Waals surface area (Å²) < 4.78 is 11.0. The van der Waals surface area contributed by atoms with Gasteiger partial charge in [-0.05, 0) is 42.8 Å². The molecular weight excluding hydrogens is 276 g/mol. The quantitative estimate of drug-likeness (QED) is 0.906. The number of rotatable bonds is 5. The average Bonchev–Trinajstić information content (AvgIpc) is 2.45. The number of hydrogen-bond acceptors (Lipinski definition) is 3. The van der Waals surface area contributed by atoms with Crippen LogP contribution in [0.1, 0.15) is 24.2 Å². The smallest absolute Gasteiger partial charge is 0.125 e. The molecule has 0 aliphatic carbocycles. The van der Waals surface area contributed by atoms with Gasteiger partial charge in [0.25, 0.3) is 0 Å². The SMILES string of the molecule is COc1ccc(Cl)cc1COc1ccc(C(C)O)cc1. The van der Waals surface area contributed by atoms with Crippen LogP contribution in [0, 0.1) is 0 Å². The van der Waals surface area contributed by atoms with Gasteiger partial charge in [-0.15, -0.1) is 0 Å². The molecule has 20 heavy (non-hydrogen) atoms. The zero-order chi connectivity index (χ0) is 14.5. The van der Waals surface area contributed by atoms with Crippen LogP contribution in [0.4, 0.5) is 0 Å². The molecule has 0 bridgehead atoms. The van der Waals surface area contributed by atoms with E-state index in [1.54, 1.807) is 20.1 Å². The van der Waals surface area contributed by atoms with E-state index in [2.05, 4.69) is 0 Å². The number of methoxy groups -OCH3 is 1. The summed E-state index contributed by atoms with van der Waals surface area (Å²) in [7, 11) is 1.62. The standard InChI is InChI=1S/C16H17ClO3/c1-11(18)12-3-6-15(7-4-12)20-10-13-9-14(17)5-8-16(13)19-2/h3-9,11,18H,10H2,1-2H3. The molecule has 0 saturated carbocycles. The minimum Gasteiger partial charge on any atom is -0.496 e. The van der Waals surface area contributed by atoms with Crippen molar-refractivity contribution in [2.75, 3.05) is 7.11 Å². The Labute approximate surface area is 123 Å². The summed E-state index contributed by atoms with van der Waals surface area (Å²) in [6.07, 6.45) is -0.475. The molecule has 0 radical (unpaired) electrons. The molecule has 3 nitrogen and oxygen atoms in total. The Bertz CT molecular complexity index is 564. The van der Waals surface area contributed by atoms with Crippen LogP contribution in [-0.4, -0.2) is 12.2 Å². The monoisotopic (exact) mass is 292 g/mol. The van der Waals surface area contributed by atoms with E-state index in [0.717, 1.165) is 22.6 Å². The molecule has 106 valence electrons. The van der Waals surface area contributed by atoms with Crippen LogP contribution in [0.25, 0.3) is 0 Å². The molecule has 2 aromatic rings. The van der Waals surface area contributed by atoms with Gasteiger partial charge < -0.3 is 14.6 Å². The van der Waals surface area contributed by atoms with Gasteiger partial charge in [0.05, 0.1) is 13.2 Å². The maximum absolute atomic E-state index is 9.45. The van der Waals surface area contributed by atoms with Crippen molar-refractivity contribution in [2.45, 2.75) is 19.6 Å². The molecule has 4 heteroatoms. The summed E-state index contributed by atoms with van der Waals surface area (Å²) in [5, 5.41) is 10.1. The van der Waals surface area contributed by atoms with Crippen molar-refractivity contribution in [1.29, 1.82) is 0 Å². The zero-order valence-electron chi connectivity index (χ0n) is 11.5. The normalized spacial score (nSPS) is 12.0. The number of aliphatic hydroxyl groups is 1. The van der Waals surface area contributed by atoms with Gasteiger partial charge in [0.2, 0.25) is 0 Å². The van der Waals surface area contributed by atoms with Gasteiger partial charge in [0, 0.05) is 10.6 Å². The van der Waals surface area contributed by atoms with E-state index in [0.29, 0.717) is 11.6 Å². The molecule has 1 N–H and O–H groups in total. The predicted octanol–water partition coefficient (Wildman–Crippen LogP) is 3.98. The van der Waals surface area contributed by atoms with Gasteiger partial charge >= 0.3 is 0 Å². The van der Waals surface area contributed by atoms with Crippen molar-refractivity contribution < 1.29 is 14.6 Å². The lowest BCUT2D eigenvalue weighted by molar-refractivity contribution is 0.199. The Hall–Kier alpha value is -1.71. The number of halogens is 1. The zero-order valence-corrected chi connectivity index (χ0v) is 12.2. The minimum atomic E-state index is -0.475. The van der Waals surface area contributed by atoms with Crippen molar-refractivity contribution in [3.63, 3.8) is 0 Å². The van der Waals surface area contributed by atoms with E-state index >= 15 is 0 Å². The first-order valence-corrected chi connectivity index (χ1v) is 6.71. The van der Waals surface area contributed by atoms with Crippen molar-refractivity contribution in [2.24, 2.45) is 0 Å². The number of aliphatic hydroxyl groups excluding tert-OH is 1. The molecule has 2 aromatic carbocycles. The first kappa shape index (κ1) is 14.7. The average molecular weight is 293 g/mol. The molecule has 0 aliphatic rings. The Balaban J connectivity index is 2.06. The van der Waals surface area contributed by atoms with Gasteiger partial charge in [-0.25, -0.2) is 0 Å². The minimum absolute atomic E-state index is 0.373. The van der Waals surface area contributed by atoms with Gasteiger partial charge in [-0.3, -0.25) is 0 Å². The second-order valence-corrected chi connectivity index (χ2v) is 4.93. The highest BCUT2D eigenvalue weighted by atomic mass is 35.5. The summed E-state index contributed by atoms with van der Waals surface area (Å²) in [5.74, 6) is 1.48. The number of hydrogen-bond donors (Lipinski definition) is 1. The number of ether oxygens (including phenoxy) is 2. The lowest BCUT2D eigenvalue weighted by Crippen LogP contribution is -1.99. The topological polar surface area (TPSA) is 38.7 Å². The highest BCUT2D eigenvalue weighted by Crippen LogP contribution is 2.25. The van der Waals surface area contributed by atoms with Crippen molar-refractivity contribution in [1.82, 2.24) is 0 Å². The molecule has 0 aromatic heterocycles. The summed E-state index contributed by atoms with van der Waals surface area (Å²) >= 11 is 5.97. The first-order chi connectivity index (χ1) is 9.60. The largest absolute Gasteiger partial charge is 0.496 e. The fourth-order valence-corrected chi connectivity index (χ4v) is 2.06. The maximum Gasteiger partial charge on any atom is 0.125 e. The van der Waals surface area contributed by atoms with Gasteiger partial charge in [-0.1, -0.05) is 23.7 Å². The van der Waals surface area contributed by atoms with E-state index in [1.807, 2.05) is 36.4 Å². The summed E-state index contributed by atoms with van der Waals surface area (Å²) in [5.41, 5.74) is 1.75. The molecule has 0 spiro atoms. The van der Waals surface area contributed by atoms with E-state index in [-0.39, 0.29) is 0 Å². The summed E-state index contributed by atoms with van der Waals surface area (Å²) in [4.78, 5) is 0. The third-order valence-electron chi connectivity index (χ3n) is 3.00. The van der Waals surface area contributed by atoms with E-state index in [1.165, 1.54) is 0 Å². The highest BCUT2D eigenvalue weighted by Gasteiger charge is 2.06. The highest BCUT2D eigenvalue weighted by molar-refractivity contribution is 6.30. The van der Waals surface area contributed by atoms with Crippen LogP contribution in [0.15, 0.2) is 42.5 Å². The molecule has 1 atom stereocenters. The lowest BCUT2D eigenvalue weighted by atomic mass is 10.1. The van der Waals surface area contributed by atoms with Gasteiger partial charge in [0.15, 0.2) is 0 Å². The predicted molar refractivity (Wildman–Crippen MR) is 79.4 cm³/mol. The summed E-state index contributed by atoms with van der Waals surface area (Å²) in [6, 6.07) is 12.8. The van der Waals surface area contributed by atoms with Crippen LogP contribution < -0.4 is 9.47 Å². The molecular formula is C16H17ClO3. The Kier molecular flexibility index (Phi) is 4.88. The number of benzene rings is 2.